The first-order chi connectivity index (χ1) is 9.71. The zero-order valence-electron chi connectivity index (χ0n) is 12.3. The van der Waals surface area contributed by atoms with Crippen LogP contribution in [0.15, 0.2) is 28.7 Å². The van der Waals surface area contributed by atoms with Gasteiger partial charge in [-0.05, 0) is 38.5 Å². The zero-order chi connectivity index (χ0) is 16.0. The fraction of sp³-hybridized carbons (Fsp3) is 0.429. The highest BCUT2D eigenvalue weighted by Gasteiger charge is 2.24. The Bertz CT molecular complexity index is 497. The molecule has 0 fully saturated rings. The van der Waals surface area contributed by atoms with Gasteiger partial charge in [0.2, 0.25) is 0 Å². The highest BCUT2D eigenvalue weighted by Crippen LogP contribution is 2.12. The van der Waals surface area contributed by atoms with Gasteiger partial charge in [-0.2, -0.15) is 0 Å². The number of hydrogen-bond acceptors (Lipinski definition) is 4. The number of alkyl carbamates (subject to hydrolysis) is 1. The Morgan fingerprint density at radius 1 is 1.29 bits per heavy atom. The van der Waals surface area contributed by atoms with E-state index in [0.717, 1.165) is 10.0 Å². The van der Waals surface area contributed by atoms with Crippen LogP contribution in [0.2, 0.25) is 0 Å². The van der Waals surface area contributed by atoms with Gasteiger partial charge in [0.15, 0.2) is 0 Å². The number of carbonyl (C=O) groups is 2. The molecule has 1 atom stereocenters. The molecule has 0 aromatic heterocycles. The van der Waals surface area contributed by atoms with Crippen molar-refractivity contribution in [2.75, 3.05) is 0 Å². The second-order valence-corrected chi connectivity index (χ2v) is 6.45. The van der Waals surface area contributed by atoms with Gasteiger partial charge >= 0.3 is 6.09 Å². The lowest BCUT2D eigenvalue weighted by Gasteiger charge is -2.23. The zero-order valence-corrected chi connectivity index (χ0v) is 13.9. The molecule has 7 heteroatoms. The minimum Gasteiger partial charge on any atom is -0.444 e. The predicted octanol–water partition coefficient (Wildman–Crippen LogP) is 1.87. The molecule has 0 saturated carbocycles. The van der Waals surface area contributed by atoms with Gasteiger partial charge in [0.25, 0.3) is 5.91 Å². The van der Waals surface area contributed by atoms with Gasteiger partial charge in [0.1, 0.15) is 11.6 Å². The summed E-state index contributed by atoms with van der Waals surface area (Å²) >= 11 is 3.34. The van der Waals surface area contributed by atoms with Crippen molar-refractivity contribution in [3.63, 3.8) is 0 Å². The molecule has 1 aromatic carbocycles. The molecule has 0 aliphatic rings. The van der Waals surface area contributed by atoms with Gasteiger partial charge in [0, 0.05) is 10.9 Å². The number of carbonyl (C=O) groups excluding carboxylic acids is 2. The van der Waals surface area contributed by atoms with E-state index in [9.17, 15) is 9.59 Å². The highest BCUT2D eigenvalue weighted by molar-refractivity contribution is 9.10. The normalized spacial score (nSPS) is 12.4. The molecule has 2 amide bonds. The largest absolute Gasteiger partial charge is 0.444 e. The maximum absolute atomic E-state index is 11.8. The van der Waals surface area contributed by atoms with E-state index in [2.05, 4.69) is 21.2 Å². The molecular weight excluding hydrogens is 338 g/mol. The maximum Gasteiger partial charge on any atom is 0.408 e. The number of nitrogens with two attached hydrogens (primary N) is 1. The van der Waals surface area contributed by atoms with E-state index >= 15 is 0 Å². The summed E-state index contributed by atoms with van der Waals surface area (Å²) in [5.74, 6) is 4.67. The van der Waals surface area contributed by atoms with Crippen LogP contribution in [0.3, 0.4) is 0 Å². The van der Waals surface area contributed by atoms with Crippen molar-refractivity contribution in [3.05, 3.63) is 34.3 Å². The van der Waals surface area contributed by atoms with Crippen molar-refractivity contribution < 1.29 is 14.3 Å². The molecule has 0 unspecified atom stereocenters. The molecule has 4 N–H and O–H groups in total. The van der Waals surface area contributed by atoms with Crippen molar-refractivity contribution in [3.8, 4) is 0 Å². The molecule has 0 spiro atoms. The Morgan fingerprint density at radius 3 is 2.33 bits per heavy atom. The standard InChI is InChI=1S/C14H20BrN3O3/c1-14(2,3)21-13(20)17-11(12(19)18-16)8-9-4-6-10(15)7-5-9/h4-7,11H,8,16H2,1-3H3,(H,17,20)(H,18,19)/t11-/m0/s1. The van der Waals surface area contributed by atoms with E-state index in [1.807, 2.05) is 29.7 Å². The number of hydrazine groups is 1. The fourth-order valence-electron chi connectivity index (χ4n) is 1.62. The Hall–Kier alpha value is -1.60. The lowest BCUT2D eigenvalue weighted by Crippen LogP contribution is -2.51. The minimum absolute atomic E-state index is 0.315. The Labute approximate surface area is 132 Å². The summed E-state index contributed by atoms with van der Waals surface area (Å²) in [4.78, 5) is 23.5. The van der Waals surface area contributed by atoms with Gasteiger partial charge in [-0.15, -0.1) is 0 Å². The van der Waals surface area contributed by atoms with Gasteiger partial charge < -0.3 is 10.1 Å². The number of rotatable bonds is 4. The van der Waals surface area contributed by atoms with Crippen molar-refractivity contribution in [2.24, 2.45) is 5.84 Å². The van der Waals surface area contributed by atoms with Crippen LogP contribution >= 0.6 is 15.9 Å². The third-order valence-corrected chi connectivity index (χ3v) is 3.03. The first kappa shape index (κ1) is 17.5. The first-order valence-corrected chi connectivity index (χ1v) is 7.25. The van der Waals surface area contributed by atoms with Gasteiger partial charge in [0.05, 0.1) is 0 Å². The molecule has 0 bridgehead atoms. The molecule has 6 nitrogen and oxygen atoms in total. The smallest absolute Gasteiger partial charge is 0.408 e. The van der Waals surface area contributed by atoms with Crippen molar-refractivity contribution in [1.29, 1.82) is 0 Å². The molecule has 1 aromatic rings. The third-order valence-electron chi connectivity index (χ3n) is 2.50. The van der Waals surface area contributed by atoms with E-state index in [4.69, 9.17) is 10.6 Å². The van der Waals surface area contributed by atoms with Gasteiger partial charge in [-0.3, -0.25) is 10.2 Å². The monoisotopic (exact) mass is 357 g/mol. The van der Waals surface area contributed by atoms with Crippen LogP contribution < -0.4 is 16.6 Å². The number of nitrogens with one attached hydrogen (secondary N) is 2. The fourth-order valence-corrected chi connectivity index (χ4v) is 1.88. The van der Waals surface area contributed by atoms with E-state index in [1.165, 1.54) is 0 Å². The molecule has 0 heterocycles. The summed E-state index contributed by atoms with van der Waals surface area (Å²) in [6.45, 7) is 5.25. The quantitative estimate of drug-likeness (QED) is 0.435. The van der Waals surface area contributed by atoms with Crippen LogP contribution in [-0.2, 0) is 16.0 Å². The number of amides is 2. The van der Waals surface area contributed by atoms with Crippen LogP contribution in [-0.4, -0.2) is 23.6 Å². The molecule has 116 valence electrons. The SMILES string of the molecule is CC(C)(C)OC(=O)N[C@@H](Cc1ccc(Br)cc1)C(=O)NN. The van der Waals surface area contributed by atoms with Crippen LogP contribution in [0.4, 0.5) is 4.79 Å². The molecule has 0 aliphatic heterocycles. The van der Waals surface area contributed by atoms with Crippen LogP contribution in [0.25, 0.3) is 0 Å². The maximum atomic E-state index is 11.8. The average molecular weight is 358 g/mol. The molecule has 0 aliphatic carbocycles. The van der Waals surface area contributed by atoms with Crippen molar-refractivity contribution >= 4 is 27.9 Å². The number of benzene rings is 1. The first-order valence-electron chi connectivity index (χ1n) is 6.45. The predicted molar refractivity (Wildman–Crippen MR) is 83.3 cm³/mol. The summed E-state index contributed by atoms with van der Waals surface area (Å²) in [7, 11) is 0. The minimum atomic E-state index is -0.800. The number of ether oxygens (including phenoxy) is 1. The average Bonchev–Trinajstić information content (AvgIpc) is 2.37. The summed E-state index contributed by atoms with van der Waals surface area (Å²) in [6.07, 6.45) is -0.344. The molecule has 0 radical (unpaired) electrons. The van der Waals surface area contributed by atoms with E-state index in [0.29, 0.717) is 6.42 Å². The van der Waals surface area contributed by atoms with Crippen LogP contribution in [0.1, 0.15) is 26.3 Å². The Balaban J connectivity index is 2.74. The summed E-state index contributed by atoms with van der Waals surface area (Å²) in [5, 5.41) is 2.52. The van der Waals surface area contributed by atoms with E-state index in [-0.39, 0.29) is 0 Å². The highest BCUT2D eigenvalue weighted by atomic mass is 79.9. The van der Waals surface area contributed by atoms with E-state index in [1.54, 1.807) is 20.8 Å². The Morgan fingerprint density at radius 2 is 1.86 bits per heavy atom. The second kappa shape index (κ2) is 7.42. The molecule has 0 saturated heterocycles. The summed E-state index contributed by atoms with van der Waals surface area (Å²) in [6, 6.07) is 6.64. The lowest BCUT2D eigenvalue weighted by molar-refractivity contribution is -0.123. The topological polar surface area (TPSA) is 93.4 Å². The number of halogens is 1. The summed E-state index contributed by atoms with van der Waals surface area (Å²) in [5.41, 5.74) is 2.30. The number of hydrogen-bond donors (Lipinski definition) is 3. The van der Waals surface area contributed by atoms with E-state index < -0.39 is 23.6 Å². The second-order valence-electron chi connectivity index (χ2n) is 5.54. The van der Waals surface area contributed by atoms with Crippen LogP contribution in [0, 0.1) is 0 Å². The van der Waals surface area contributed by atoms with Crippen molar-refractivity contribution in [1.82, 2.24) is 10.7 Å². The third kappa shape index (κ3) is 6.59. The molecule has 21 heavy (non-hydrogen) atoms. The molecule has 1 rings (SSSR count). The van der Waals surface area contributed by atoms with Gasteiger partial charge in [-0.25, -0.2) is 10.6 Å². The molecular formula is C14H20BrN3O3. The Kier molecular flexibility index (Phi) is 6.17. The van der Waals surface area contributed by atoms with Crippen molar-refractivity contribution in [2.45, 2.75) is 38.8 Å². The van der Waals surface area contributed by atoms with Gasteiger partial charge in [-0.1, -0.05) is 28.1 Å². The van der Waals surface area contributed by atoms with Crippen LogP contribution in [0.5, 0.6) is 0 Å². The summed E-state index contributed by atoms with van der Waals surface area (Å²) < 4.78 is 6.08. The lowest BCUT2D eigenvalue weighted by atomic mass is 10.1.